The van der Waals surface area contributed by atoms with Crippen molar-refractivity contribution in [3.8, 4) is 0 Å². The van der Waals surface area contributed by atoms with E-state index in [1.807, 2.05) is 6.92 Å². The second-order valence-corrected chi connectivity index (χ2v) is 3.63. The molecule has 11 heavy (non-hydrogen) atoms. The van der Waals surface area contributed by atoms with Crippen LogP contribution >= 0.6 is 11.8 Å². The Morgan fingerprint density at radius 1 is 1.82 bits per heavy atom. The summed E-state index contributed by atoms with van der Waals surface area (Å²) in [5, 5.41) is 18.5. The average Bonchev–Trinajstić information content (AvgIpc) is 1.87. The molecule has 0 amide bonds. The lowest BCUT2D eigenvalue weighted by Crippen LogP contribution is -2.31. The molecule has 1 atom stereocenters. The maximum Gasteiger partial charge on any atom is 0.185 e. The van der Waals surface area contributed by atoms with E-state index < -0.39 is 0 Å². The summed E-state index contributed by atoms with van der Waals surface area (Å²) in [4.78, 5) is 0. The molecule has 0 rings (SSSR count). The lowest BCUT2D eigenvalue weighted by Gasteiger charge is -2.09. The van der Waals surface area contributed by atoms with E-state index in [-0.39, 0.29) is 11.9 Å². The number of hydrogen-bond donors (Lipinski definition) is 4. The van der Waals surface area contributed by atoms with Gasteiger partial charge in [0, 0.05) is 11.8 Å². The Morgan fingerprint density at radius 3 is 2.91 bits per heavy atom. The first-order valence-electron chi connectivity index (χ1n) is 3.47. The summed E-state index contributed by atoms with van der Waals surface area (Å²) in [7, 11) is 0. The van der Waals surface area contributed by atoms with Crippen LogP contribution in [0.25, 0.3) is 0 Å². The molecule has 66 valence electrons. The van der Waals surface area contributed by atoms with Gasteiger partial charge in [0.2, 0.25) is 0 Å². The van der Waals surface area contributed by atoms with Gasteiger partial charge in [-0.15, -0.1) is 11.8 Å². The highest BCUT2D eigenvalue weighted by atomic mass is 32.2. The summed E-state index contributed by atoms with van der Waals surface area (Å²) in [6.07, 6.45) is 0.908. The smallest absolute Gasteiger partial charge is 0.185 e. The van der Waals surface area contributed by atoms with E-state index in [2.05, 4.69) is 5.32 Å². The van der Waals surface area contributed by atoms with Gasteiger partial charge in [-0.2, -0.15) is 0 Å². The number of guanidine groups is 1. The van der Waals surface area contributed by atoms with E-state index in [1.54, 1.807) is 0 Å². The summed E-state index contributed by atoms with van der Waals surface area (Å²) in [6, 6.07) is 0. The zero-order valence-corrected chi connectivity index (χ0v) is 7.45. The molecule has 0 aromatic rings. The molecule has 0 saturated heterocycles. The molecule has 0 aliphatic rings. The normalized spacial score (nSPS) is 12.5. The third kappa shape index (κ3) is 7.48. The van der Waals surface area contributed by atoms with Gasteiger partial charge in [-0.3, -0.25) is 5.41 Å². The molecule has 0 saturated carbocycles. The molecule has 0 aromatic carbocycles. The molecule has 0 fully saturated rings. The minimum absolute atomic E-state index is 0.00574. The molecule has 1 unspecified atom stereocenters. The Labute approximate surface area is 71.1 Å². The van der Waals surface area contributed by atoms with Gasteiger partial charge in [-0.05, 0) is 6.42 Å². The van der Waals surface area contributed by atoms with Gasteiger partial charge in [-0.25, -0.2) is 0 Å². The van der Waals surface area contributed by atoms with E-state index in [1.165, 1.54) is 11.8 Å². The predicted molar refractivity (Wildman–Crippen MR) is 48.7 cm³/mol. The number of nitrogens with one attached hydrogen (secondary N) is 2. The maximum absolute atomic E-state index is 8.52. The highest BCUT2D eigenvalue weighted by Crippen LogP contribution is 2.10. The van der Waals surface area contributed by atoms with Crippen molar-refractivity contribution >= 4 is 17.7 Å². The molecule has 0 aliphatic carbocycles. The zero-order chi connectivity index (χ0) is 8.69. The van der Waals surface area contributed by atoms with Crippen LogP contribution in [-0.2, 0) is 0 Å². The van der Waals surface area contributed by atoms with Gasteiger partial charge in [-0.1, -0.05) is 6.92 Å². The lowest BCUT2D eigenvalue weighted by molar-refractivity contribution is 0.374. The number of thioether (sulfide) groups is 1. The number of aliphatic hydroxyl groups is 1. The molecule has 0 bridgehead atoms. The number of rotatable bonds is 5. The average molecular weight is 177 g/mol. The third-order valence-corrected chi connectivity index (χ3v) is 2.18. The fourth-order valence-electron chi connectivity index (χ4n) is 0.621. The van der Waals surface area contributed by atoms with E-state index >= 15 is 0 Å². The van der Waals surface area contributed by atoms with Gasteiger partial charge in [0.1, 0.15) is 0 Å². The van der Waals surface area contributed by atoms with Crippen molar-refractivity contribution in [3.63, 3.8) is 0 Å². The standard InChI is InChI=1S/C6H15N3OS/c1-5(11-4-10)2-3-9-6(7)8/h5,10H,2-4H2,1H3,(H4,7,8,9). The fraction of sp³-hybridized carbons (Fsp3) is 0.833. The summed E-state index contributed by atoms with van der Waals surface area (Å²) in [6.45, 7) is 2.73. The third-order valence-electron chi connectivity index (χ3n) is 1.23. The topological polar surface area (TPSA) is 82.1 Å². The van der Waals surface area contributed by atoms with Gasteiger partial charge >= 0.3 is 0 Å². The van der Waals surface area contributed by atoms with Gasteiger partial charge < -0.3 is 16.2 Å². The van der Waals surface area contributed by atoms with Crippen molar-refractivity contribution in [2.75, 3.05) is 12.5 Å². The lowest BCUT2D eigenvalue weighted by atomic mass is 10.3. The second-order valence-electron chi connectivity index (χ2n) is 2.24. The van der Waals surface area contributed by atoms with Crippen LogP contribution in [0.5, 0.6) is 0 Å². The van der Waals surface area contributed by atoms with Crippen LogP contribution in [0.1, 0.15) is 13.3 Å². The fourth-order valence-corrected chi connectivity index (χ4v) is 1.16. The zero-order valence-electron chi connectivity index (χ0n) is 6.63. The SMILES string of the molecule is CC(CCNC(=N)N)SCO. The molecule has 4 nitrogen and oxygen atoms in total. The van der Waals surface area contributed by atoms with Crippen LogP contribution in [0.4, 0.5) is 0 Å². The van der Waals surface area contributed by atoms with Crippen molar-refractivity contribution in [2.45, 2.75) is 18.6 Å². The monoisotopic (exact) mass is 177 g/mol. The molecule has 0 heterocycles. The summed E-state index contributed by atoms with van der Waals surface area (Å²) in [5.41, 5.74) is 5.07. The summed E-state index contributed by atoms with van der Waals surface area (Å²) >= 11 is 1.49. The molecule has 0 aliphatic heterocycles. The van der Waals surface area contributed by atoms with Crippen LogP contribution in [0.15, 0.2) is 0 Å². The van der Waals surface area contributed by atoms with Crippen molar-refractivity contribution in [2.24, 2.45) is 5.73 Å². The van der Waals surface area contributed by atoms with Gasteiger partial charge in [0.05, 0.1) is 5.94 Å². The molecule has 0 aromatic heterocycles. The Morgan fingerprint density at radius 2 is 2.45 bits per heavy atom. The Bertz CT molecular complexity index is 120. The largest absolute Gasteiger partial charge is 0.386 e. The molecule has 5 N–H and O–H groups in total. The summed E-state index contributed by atoms with van der Waals surface area (Å²) in [5.74, 6) is 0.160. The van der Waals surface area contributed by atoms with E-state index in [9.17, 15) is 0 Å². The van der Waals surface area contributed by atoms with Gasteiger partial charge in [0.25, 0.3) is 0 Å². The van der Waals surface area contributed by atoms with Crippen LogP contribution < -0.4 is 11.1 Å². The Hall–Kier alpha value is -0.420. The van der Waals surface area contributed by atoms with Crippen LogP contribution in [0.3, 0.4) is 0 Å². The number of aliphatic hydroxyl groups excluding tert-OH is 1. The Balaban J connectivity index is 3.16. The van der Waals surface area contributed by atoms with Crippen LogP contribution in [0, 0.1) is 5.41 Å². The van der Waals surface area contributed by atoms with Gasteiger partial charge in [0.15, 0.2) is 5.96 Å². The molecular formula is C6H15N3OS. The van der Waals surface area contributed by atoms with E-state index in [0.29, 0.717) is 11.8 Å². The van der Waals surface area contributed by atoms with Crippen molar-refractivity contribution in [3.05, 3.63) is 0 Å². The van der Waals surface area contributed by atoms with Crippen LogP contribution in [0.2, 0.25) is 0 Å². The van der Waals surface area contributed by atoms with Crippen molar-refractivity contribution < 1.29 is 5.11 Å². The first-order valence-corrected chi connectivity index (χ1v) is 4.52. The minimum atomic E-state index is 0.00574. The quantitative estimate of drug-likeness (QED) is 0.269. The molecule has 0 radical (unpaired) electrons. The predicted octanol–water partition coefficient (Wildman–Crippen LogP) is -0.0689. The number of hydrogen-bond acceptors (Lipinski definition) is 3. The van der Waals surface area contributed by atoms with Crippen LogP contribution in [-0.4, -0.2) is 28.8 Å². The number of nitrogens with two attached hydrogens (primary N) is 1. The Kier molecular flexibility index (Phi) is 6.06. The second kappa shape index (κ2) is 6.30. The maximum atomic E-state index is 8.52. The van der Waals surface area contributed by atoms with Crippen molar-refractivity contribution in [1.29, 1.82) is 5.41 Å². The highest BCUT2D eigenvalue weighted by Gasteiger charge is 2.00. The van der Waals surface area contributed by atoms with Crippen molar-refractivity contribution in [1.82, 2.24) is 5.32 Å². The minimum Gasteiger partial charge on any atom is -0.386 e. The highest BCUT2D eigenvalue weighted by molar-refractivity contribution is 7.99. The first-order chi connectivity index (χ1) is 5.16. The molecule has 5 heteroatoms. The molecule has 0 spiro atoms. The molecular weight excluding hydrogens is 162 g/mol. The van der Waals surface area contributed by atoms with E-state index in [0.717, 1.165) is 6.42 Å². The summed E-state index contributed by atoms with van der Waals surface area (Å²) < 4.78 is 0. The van der Waals surface area contributed by atoms with E-state index in [4.69, 9.17) is 16.2 Å². The first kappa shape index (κ1) is 10.6.